The summed E-state index contributed by atoms with van der Waals surface area (Å²) in [7, 11) is 0. The first kappa shape index (κ1) is 31.9. The molecule has 4 nitrogen and oxygen atoms in total. The van der Waals surface area contributed by atoms with Crippen molar-refractivity contribution in [3.8, 4) is 11.1 Å². The minimum atomic E-state index is -4.43. The Morgan fingerprint density at radius 1 is 0.800 bits per heavy atom. The molecular weight excluding hydrogens is 577 g/mol. The third-order valence-corrected chi connectivity index (χ3v) is 8.71. The number of fused-ring (bicyclic) bond motifs is 1. The lowest BCUT2D eigenvalue weighted by atomic mass is 9.62. The first-order valence-electron chi connectivity index (χ1n) is 15.3. The fourth-order valence-corrected chi connectivity index (χ4v) is 6.49. The molecule has 0 N–H and O–H groups in total. The minimum absolute atomic E-state index is 0.0746. The quantitative estimate of drug-likeness (QED) is 0.0963. The molecule has 0 fully saturated rings. The average Bonchev–Trinajstić information content (AvgIpc) is 3.06. The summed E-state index contributed by atoms with van der Waals surface area (Å²) in [5, 5.41) is 0. The van der Waals surface area contributed by atoms with Crippen LogP contribution in [0.1, 0.15) is 84.0 Å². The molecule has 4 aromatic carbocycles. The molecule has 0 saturated heterocycles. The number of hydrogen-bond donors (Lipinski definition) is 0. The molecule has 5 rings (SSSR count). The van der Waals surface area contributed by atoms with Gasteiger partial charge in [-0.1, -0.05) is 91.0 Å². The number of ether oxygens (including phenoxy) is 1. The standard InChI is InChI=1S/C38H35F3O4/c1-2-45-36(44)37(27-12-4-3-5-13-27)25-24-32(30-15-8-9-17-33(30)37)35(43)19-11-10-18-34(42)31-16-7-6-14-29(31)26-20-22-28(23-21-26)38(39,40)41/h3-9,12-17,20-23,32H,2,10-11,18-19,24-25H2,1H3/t32-,37-/m0/s1. The maximum absolute atomic E-state index is 13.6. The van der Waals surface area contributed by atoms with E-state index in [1.807, 2.05) is 54.6 Å². The molecule has 0 radical (unpaired) electrons. The maximum Gasteiger partial charge on any atom is 0.416 e. The van der Waals surface area contributed by atoms with Gasteiger partial charge < -0.3 is 4.74 Å². The molecule has 0 bridgehead atoms. The number of carbonyl (C=O) groups excluding carboxylic acids is 3. The van der Waals surface area contributed by atoms with Crippen LogP contribution in [0.25, 0.3) is 11.1 Å². The van der Waals surface area contributed by atoms with Crippen LogP contribution in [0, 0.1) is 0 Å². The van der Waals surface area contributed by atoms with Crippen LogP contribution in [0.2, 0.25) is 0 Å². The van der Waals surface area contributed by atoms with Gasteiger partial charge in [0.15, 0.2) is 5.78 Å². The summed E-state index contributed by atoms with van der Waals surface area (Å²) in [6.45, 7) is 2.04. The van der Waals surface area contributed by atoms with Crippen molar-refractivity contribution in [1.29, 1.82) is 0 Å². The topological polar surface area (TPSA) is 60.4 Å². The van der Waals surface area contributed by atoms with Crippen molar-refractivity contribution in [2.45, 2.75) is 63.0 Å². The second-order valence-corrected chi connectivity index (χ2v) is 11.4. The Morgan fingerprint density at radius 3 is 2.16 bits per heavy atom. The summed E-state index contributed by atoms with van der Waals surface area (Å²) in [4.78, 5) is 40.3. The fourth-order valence-electron chi connectivity index (χ4n) is 6.49. The summed E-state index contributed by atoms with van der Waals surface area (Å²) in [6, 6.07) is 28.9. The Labute approximate surface area is 261 Å². The molecule has 0 amide bonds. The second-order valence-electron chi connectivity index (χ2n) is 11.4. The Kier molecular flexibility index (Phi) is 9.66. The van der Waals surface area contributed by atoms with Crippen LogP contribution in [0.15, 0.2) is 103 Å². The number of unbranched alkanes of at least 4 members (excludes halogenated alkanes) is 1. The highest BCUT2D eigenvalue weighted by Crippen LogP contribution is 2.48. The van der Waals surface area contributed by atoms with Gasteiger partial charge in [-0.05, 0) is 72.6 Å². The van der Waals surface area contributed by atoms with Gasteiger partial charge in [0.2, 0.25) is 0 Å². The Hall–Kier alpha value is -4.52. The molecule has 0 heterocycles. The van der Waals surface area contributed by atoms with Crippen molar-refractivity contribution in [2.24, 2.45) is 0 Å². The Balaban J connectivity index is 1.26. The van der Waals surface area contributed by atoms with E-state index < -0.39 is 17.2 Å². The largest absolute Gasteiger partial charge is 0.465 e. The third-order valence-electron chi connectivity index (χ3n) is 8.71. The number of ketones is 2. The first-order chi connectivity index (χ1) is 21.7. The van der Waals surface area contributed by atoms with Gasteiger partial charge in [-0.3, -0.25) is 14.4 Å². The molecule has 0 spiro atoms. The number of rotatable bonds is 11. The zero-order valence-electron chi connectivity index (χ0n) is 25.1. The van der Waals surface area contributed by atoms with Gasteiger partial charge in [0, 0.05) is 24.3 Å². The molecule has 0 unspecified atom stereocenters. The molecule has 2 atom stereocenters. The number of hydrogen-bond acceptors (Lipinski definition) is 4. The molecule has 0 saturated carbocycles. The van der Waals surface area contributed by atoms with Crippen molar-refractivity contribution >= 4 is 17.5 Å². The van der Waals surface area contributed by atoms with E-state index in [0.29, 0.717) is 48.8 Å². The zero-order chi connectivity index (χ0) is 32.0. The van der Waals surface area contributed by atoms with Gasteiger partial charge in [-0.15, -0.1) is 0 Å². The van der Waals surface area contributed by atoms with Crippen molar-refractivity contribution < 1.29 is 32.3 Å². The summed E-state index contributed by atoms with van der Waals surface area (Å²) in [6.07, 6.45) is -1.95. The van der Waals surface area contributed by atoms with Crippen molar-refractivity contribution in [1.82, 2.24) is 0 Å². The SMILES string of the molecule is CCOC(=O)[C@]1(c2ccccc2)CC[C@H](C(=O)CCCCC(=O)c2ccccc2-c2ccc(C(F)(F)F)cc2)c2ccccc21. The van der Waals surface area contributed by atoms with Gasteiger partial charge >= 0.3 is 12.1 Å². The lowest BCUT2D eigenvalue weighted by Crippen LogP contribution is -2.43. The molecule has 1 aliphatic rings. The van der Waals surface area contributed by atoms with E-state index in [2.05, 4.69) is 0 Å². The van der Waals surface area contributed by atoms with Gasteiger partial charge in [0.1, 0.15) is 11.2 Å². The van der Waals surface area contributed by atoms with Crippen LogP contribution < -0.4 is 0 Å². The molecule has 0 aromatic heterocycles. The monoisotopic (exact) mass is 612 g/mol. The van der Waals surface area contributed by atoms with E-state index in [1.54, 1.807) is 31.2 Å². The Bertz CT molecular complexity index is 1660. The summed E-state index contributed by atoms with van der Waals surface area (Å²) in [5.41, 5.74) is 2.31. The normalized spacial score (nSPS) is 17.7. The smallest absolute Gasteiger partial charge is 0.416 e. The van der Waals surface area contributed by atoms with E-state index in [0.717, 1.165) is 28.8 Å². The van der Waals surface area contributed by atoms with Crippen molar-refractivity contribution in [3.05, 3.63) is 131 Å². The highest BCUT2D eigenvalue weighted by atomic mass is 19.4. The number of alkyl halides is 3. The van der Waals surface area contributed by atoms with E-state index in [-0.39, 0.29) is 36.5 Å². The van der Waals surface area contributed by atoms with E-state index in [9.17, 15) is 27.6 Å². The van der Waals surface area contributed by atoms with E-state index >= 15 is 0 Å². The zero-order valence-corrected chi connectivity index (χ0v) is 25.1. The highest BCUT2D eigenvalue weighted by Gasteiger charge is 2.49. The number of Topliss-reactive ketones (excluding diaryl/α,β-unsaturated/α-hetero) is 2. The molecule has 1 aliphatic carbocycles. The summed E-state index contributed by atoms with van der Waals surface area (Å²) < 4.78 is 44.6. The van der Waals surface area contributed by atoms with E-state index in [1.165, 1.54) is 12.1 Å². The lowest BCUT2D eigenvalue weighted by molar-refractivity contribution is -0.149. The molecule has 232 valence electrons. The third kappa shape index (κ3) is 6.63. The van der Waals surface area contributed by atoms with Crippen LogP contribution in [-0.4, -0.2) is 24.1 Å². The molecule has 45 heavy (non-hydrogen) atoms. The second kappa shape index (κ2) is 13.6. The molecular formula is C38H35F3O4. The molecule has 7 heteroatoms. The van der Waals surface area contributed by atoms with Gasteiger partial charge in [-0.2, -0.15) is 13.2 Å². The first-order valence-corrected chi connectivity index (χ1v) is 15.3. The van der Waals surface area contributed by atoms with Gasteiger partial charge in [0.05, 0.1) is 12.2 Å². The van der Waals surface area contributed by atoms with Crippen LogP contribution in [0.3, 0.4) is 0 Å². The highest BCUT2D eigenvalue weighted by molar-refractivity contribution is 6.02. The average molecular weight is 613 g/mol. The van der Waals surface area contributed by atoms with Crippen LogP contribution in [-0.2, 0) is 25.9 Å². The lowest BCUT2D eigenvalue weighted by Gasteiger charge is -2.40. The van der Waals surface area contributed by atoms with Crippen LogP contribution in [0.4, 0.5) is 13.2 Å². The predicted molar refractivity (Wildman–Crippen MR) is 167 cm³/mol. The number of halogens is 3. The number of benzene rings is 4. The Morgan fingerprint density at radius 2 is 1.44 bits per heavy atom. The summed E-state index contributed by atoms with van der Waals surface area (Å²) >= 11 is 0. The maximum atomic E-state index is 13.6. The number of esters is 1. The van der Waals surface area contributed by atoms with Gasteiger partial charge in [0.25, 0.3) is 0 Å². The molecule has 4 aromatic rings. The summed E-state index contributed by atoms with van der Waals surface area (Å²) in [5.74, 6) is -0.721. The van der Waals surface area contributed by atoms with Gasteiger partial charge in [-0.25, -0.2) is 0 Å². The molecule has 0 aliphatic heterocycles. The van der Waals surface area contributed by atoms with E-state index in [4.69, 9.17) is 4.74 Å². The van der Waals surface area contributed by atoms with Crippen LogP contribution >= 0.6 is 0 Å². The van der Waals surface area contributed by atoms with Crippen molar-refractivity contribution in [2.75, 3.05) is 6.61 Å². The van der Waals surface area contributed by atoms with Crippen molar-refractivity contribution in [3.63, 3.8) is 0 Å². The number of carbonyl (C=O) groups is 3. The fraction of sp³-hybridized carbons (Fsp3) is 0.289. The van der Waals surface area contributed by atoms with Crippen LogP contribution in [0.5, 0.6) is 0 Å². The minimum Gasteiger partial charge on any atom is -0.465 e. The predicted octanol–water partition coefficient (Wildman–Crippen LogP) is 9.11.